The van der Waals surface area contributed by atoms with Gasteiger partial charge in [-0.25, -0.2) is 0 Å². The van der Waals surface area contributed by atoms with Gasteiger partial charge in [0.1, 0.15) is 0 Å². The van der Waals surface area contributed by atoms with Gasteiger partial charge in [-0.3, -0.25) is 9.59 Å². The molecule has 6 heteroatoms. The van der Waals surface area contributed by atoms with Gasteiger partial charge in [0.25, 0.3) is 0 Å². The zero-order chi connectivity index (χ0) is 62.0. The average Bonchev–Trinajstić information content (AvgIpc) is 3.53. The van der Waals surface area contributed by atoms with E-state index in [0.717, 1.165) is 51.4 Å². The molecule has 0 rings (SSSR count). The molecule has 0 heterocycles. The summed E-state index contributed by atoms with van der Waals surface area (Å²) in [5.74, 6) is -0.0185. The van der Waals surface area contributed by atoms with Crippen molar-refractivity contribution in [3.8, 4) is 0 Å². The number of esters is 1. The Morgan fingerprint density at radius 3 is 0.919 bits per heavy atom. The van der Waals surface area contributed by atoms with Gasteiger partial charge < -0.3 is 20.3 Å². The van der Waals surface area contributed by atoms with Crippen molar-refractivity contribution < 1.29 is 24.5 Å². The highest BCUT2D eigenvalue weighted by Gasteiger charge is 2.20. The van der Waals surface area contributed by atoms with E-state index < -0.39 is 12.1 Å². The maximum atomic E-state index is 12.6. The SMILES string of the molecule is CCCCC/C=C\C/C=C\CCCCCCCCCCCC(=O)OCCCCCCCCCCCCCC/C=C\CCCCCCCCCCCCCC(=O)NC(CO)C(O)CCCCCCCCCCCCCCCCCCCCCCCCC. The third-order valence-electron chi connectivity index (χ3n) is 18.4. The molecule has 6 nitrogen and oxygen atoms in total. The zero-order valence-electron chi connectivity index (χ0n) is 58.3. The van der Waals surface area contributed by atoms with Crippen LogP contribution in [0.15, 0.2) is 36.5 Å². The van der Waals surface area contributed by atoms with E-state index >= 15 is 0 Å². The molecule has 3 N–H and O–H groups in total. The lowest BCUT2D eigenvalue weighted by Gasteiger charge is -2.22. The van der Waals surface area contributed by atoms with E-state index in [4.69, 9.17) is 4.74 Å². The fraction of sp³-hybridized carbons (Fsp3) is 0.900. The van der Waals surface area contributed by atoms with Crippen LogP contribution in [0, 0.1) is 0 Å². The number of aliphatic hydroxyl groups is 2. The molecule has 0 fully saturated rings. The molecule has 0 aromatic rings. The minimum Gasteiger partial charge on any atom is -0.466 e. The summed E-state index contributed by atoms with van der Waals surface area (Å²) < 4.78 is 5.51. The van der Waals surface area contributed by atoms with Crippen LogP contribution < -0.4 is 5.32 Å². The highest BCUT2D eigenvalue weighted by molar-refractivity contribution is 5.76. The van der Waals surface area contributed by atoms with Gasteiger partial charge in [0, 0.05) is 12.8 Å². The summed E-state index contributed by atoms with van der Waals surface area (Å²) >= 11 is 0. The summed E-state index contributed by atoms with van der Waals surface area (Å²) in [5.41, 5.74) is 0. The van der Waals surface area contributed by atoms with Gasteiger partial charge in [0.15, 0.2) is 0 Å². The summed E-state index contributed by atoms with van der Waals surface area (Å²) in [7, 11) is 0. The molecule has 0 bridgehead atoms. The van der Waals surface area contributed by atoms with Gasteiger partial charge in [0.05, 0.1) is 25.4 Å². The van der Waals surface area contributed by atoms with E-state index in [1.165, 1.54) is 353 Å². The number of allylic oxidation sites excluding steroid dienone is 6. The lowest BCUT2D eigenvalue weighted by Crippen LogP contribution is -2.45. The lowest BCUT2D eigenvalue weighted by atomic mass is 10.0. The normalized spacial score (nSPS) is 12.7. The van der Waals surface area contributed by atoms with Gasteiger partial charge >= 0.3 is 5.97 Å². The molecule has 0 aromatic heterocycles. The number of unbranched alkanes of at least 4 members (excludes halogenated alkanes) is 57. The number of hydrogen-bond donors (Lipinski definition) is 3. The molecule has 0 aliphatic rings. The van der Waals surface area contributed by atoms with E-state index in [0.29, 0.717) is 25.9 Å². The molecular formula is C80H153NO5. The molecular weight excluding hydrogens is 1050 g/mol. The van der Waals surface area contributed by atoms with Crippen molar-refractivity contribution in [1.29, 1.82) is 0 Å². The number of nitrogens with one attached hydrogen (secondary N) is 1. The molecule has 86 heavy (non-hydrogen) atoms. The zero-order valence-corrected chi connectivity index (χ0v) is 58.3. The van der Waals surface area contributed by atoms with Crippen molar-refractivity contribution in [2.24, 2.45) is 0 Å². The Kier molecular flexibility index (Phi) is 73.9. The number of rotatable bonds is 74. The first kappa shape index (κ1) is 84.1. The van der Waals surface area contributed by atoms with Crippen LogP contribution in [0.3, 0.4) is 0 Å². The topological polar surface area (TPSA) is 95.9 Å². The minimum atomic E-state index is -0.667. The fourth-order valence-electron chi connectivity index (χ4n) is 12.4. The van der Waals surface area contributed by atoms with Crippen LogP contribution in [0.1, 0.15) is 438 Å². The van der Waals surface area contributed by atoms with Crippen molar-refractivity contribution in [3.05, 3.63) is 36.5 Å². The van der Waals surface area contributed by atoms with Gasteiger partial charge in [-0.15, -0.1) is 0 Å². The highest BCUT2D eigenvalue weighted by atomic mass is 16.5. The predicted octanol–water partition coefficient (Wildman–Crippen LogP) is 25.8. The number of carbonyl (C=O) groups excluding carboxylic acids is 2. The maximum absolute atomic E-state index is 12.6. The number of aliphatic hydroxyl groups excluding tert-OH is 2. The molecule has 0 saturated carbocycles. The number of amides is 1. The molecule has 2 atom stereocenters. The van der Waals surface area contributed by atoms with E-state index in [1.807, 2.05) is 0 Å². The van der Waals surface area contributed by atoms with Crippen molar-refractivity contribution in [3.63, 3.8) is 0 Å². The smallest absolute Gasteiger partial charge is 0.305 e. The van der Waals surface area contributed by atoms with Crippen LogP contribution in [-0.4, -0.2) is 47.4 Å². The fourth-order valence-corrected chi connectivity index (χ4v) is 12.4. The van der Waals surface area contributed by atoms with Crippen LogP contribution in [0.4, 0.5) is 0 Å². The Morgan fingerprint density at radius 2 is 0.581 bits per heavy atom. The maximum Gasteiger partial charge on any atom is 0.305 e. The molecule has 0 saturated heterocycles. The Labute approximate surface area is 538 Å². The second-order valence-electron chi connectivity index (χ2n) is 27.0. The summed E-state index contributed by atoms with van der Waals surface area (Å²) in [4.78, 5) is 24.7. The Morgan fingerprint density at radius 1 is 0.326 bits per heavy atom. The van der Waals surface area contributed by atoms with Crippen LogP contribution >= 0.6 is 0 Å². The van der Waals surface area contributed by atoms with Crippen LogP contribution in [0.25, 0.3) is 0 Å². The highest BCUT2D eigenvalue weighted by Crippen LogP contribution is 2.20. The second-order valence-corrected chi connectivity index (χ2v) is 27.0. The van der Waals surface area contributed by atoms with Gasteiger partial charge in [-0.05, 0) is 83.5 Å². The minimum absolute atomic E-state index is 0.0123. The lowest BCUT2D eigenvalue weighted by molar-refractivity contribution is -0.143. The summed E-state index contributed by atoms with van der Waals surface area (Å²) in [6.07, 6.45) is 97.9. The molecule has 0 aromatic carbocycles. The van der Waals surface area contributed by atoms with Crippen molar-refractivity contribution in [1.82, 2.24) is 5.32 Å². The number of carbonyl (C=O) groups is 2. The third kappa shape index (κ3) is 71.2. The summed E-state index contributed by atoms with van der Waals surface area (Å²) in [5, 5.41) is 23.5. The van der Waals surface area contributed by atoms with E-state index in [-0.39, 0.29) is 18.5 Å². The average molecular weight is 1210 g/mol. The van der Waals surface area contributed by atoms with E-state index in [1.54, 1.807) is 0 Å². The Bertz CT molecular complexity index is 1390. The molecule has 0 spiro atoms. The summed E-state index contributed by atoms with van der Waals surface area (Å²) in [6.45, 7) is 4.97. The van der Waals surface area contributed by atoms with Gasteiger partial charge in [0.2, 0.25) is 5.91 Å². The quantitative estimate of drug-likeness (QED) is 0.0320. The van der Waals surface area contributed by atoms with Crippen LogP contribution in [0.2, 0.25) is 0 Å². The summed E-state index contributed by atoms with van der Waals surface area (Å²) in [6, 6.07) is -0.544. The predicted molar refractivity (Wildman–Crippen MR) is 379 cm³/mol. The van der Waals surface area contributed by atoms with E-state index in [9.17, 15) is 19.8 Å². The van der Waals surface area contributed by atoms with Gasteiger partial charge in [-0.2, -0.15) is 0 Å². The van der Waals surface area contributed by atoms with Crippen molar-refractivity contribution in [2.75, 3.05) is 13.2 Å². The largest absolute Gasteiger partial charge is 0.466 e. The first-order chi connectivity index (χ1) is 42.5. The van der Waals surface area contributed by atoms with Gasteiger partial charge in [-0.1, -0.05) is 378 Å². The van der Waals surface area contributed by atoms with E-state index in [2.05, 4.69) is 55.6 Å². The molecule has 2 unspecified atom stereocenters. The Hall–Kier alpha value is -1.92. The van der Waals surface area contributed by atoms with Crippen molar-refractivity contribution in [2.45, 2.75) is 450 Å². The molecule has 0 radical (unpaired) electrons. The Balaban J connectivity index is 3.38. The monoisotopic (exact) mass is 1210 g/mol. The standard InChI is InChI=1S/C80H153NO5/c1-3-5-7-9-11-13-15-17-19-21-23-24-30-33-37-40-44-48-52-56-60-64-68-72-78(83)77(76-82)81-79(84)73-69-65-61-57-53-49-45-41-38-34-31-28-26-25-27-29-32-35-39-43-47-51-55-59-63-67-71-75-86-80(85)74-70-66-62-58-54-50-46-42-36-22-20-18-16-14-12-10-8-6-4-2/h12,14,18,20,25-26,77-78,82-83H,3-11,13,15-17,19,21-24,27-76H2,1-2H3,(H,81,84)/b14-12-,20-18-,26-25-. The molecule has 508 valence electrons. The van der Waals surface area contributed by atoms with Crippen LogP contribution in [-0.2, 0) is 14.3 Å². The molecule has 0 aliphatic heterocycles. The third-order valence-corrected chi connectivity index (χ3v) is 18.4. The first-order valence-electron chi connectivity index (χ1n) is 39.2. The van der Waals surface area contributed by atoms with Crippen molar-refractivity contribution >= 4 is 11.9 Å². The number of hydrogen-bond acceptors (Lipinski definition) is 5. The molecule has 1 amide bonds. The number of ether oxygens (including phenoxy) is 1. The molecule has 0 aliphatic carbocycles. The first-order valence-corrected chi connectivity index (χ1v) is 39.2. The second kappa shape index (κ2) is 75.5. The van der Waals surface area contributed by atoms with Crippen LogP contribution in [0.5, 0.6) is 0 Å².